The minimum atomic E-state index is 0.148. The molecule has 2 aromatic rings. The van der Waals surface area contributed by atoms with Gasteiger partial charge >= 0.3 is 0 Å². The molecule has 0 spiro atoms. The summed E-state index contributed by atoms with van der Waals surface area (Å²) in [6, 6.07) is 12.0. The molecule has 0 radical (unpaired) electrons. The van der Waals surface area contributed by atoms with Crippen LogP contribution in [0.5, 0.6) is 0 Å². The number of hydrogen-bond acceptors (Lipinski definition) is 3. The zero-order chi connectivity index (χ0) is 14.2. The van der Waals surface area contributed by atoms with Crippen molar-refractivity contribution in [3.63, 3.8) is 0 Å². The summed E-state index contributed by atoms with van der Waals surface area (Å²) >= 11 is 1.67. The van der Waals surface area contributed by atoms with E-state index < -0.39 is 0 Å². The maximum atomic E-state index is 12.9. The summed E-state index contributed by atoms with van der Waals surface area (Å²) < 4.78 is 0. The van der Waals surface area contributed by atoms with E-state index in [0.29, 0.717) is 5.92 Å². The number of carbonyl (C=O) groups excluding carboxylic acids is 1. The van der Waals surface area contributed by atoms with Crippen molar-refractivity contribution >= 4 is 17.2 Å². The summed E-state index contributed by atoms with van der Waals surface area (Å²) in [6.07, 6.45) is 2.07. The van der Waals surface area contributed by atoms with Gasteiger partial charge in [-0.1, -0.05) is 24.3 Å². The molecule has 1 fully saturated rings. The highest BCUT2D eigenvalue weighted by atomic mass is 32.1. The van der Waals surface area contributed by atoms with Crippen molar-refractivity contribution in [1.29, 1.82) is 0 Å². The average molecular weight is 296 g/mol. The zero-order valence-corrected chi connectivity index (χ0v) is 12.4. The van der Waals surface area contributed by atoms with Gasteiger partial charge in [0.2, 0.25) is 0 Å². The van der Waals surface area contributed by atoms with E-state index in [4.69, 9.17) is 0 Å². The Bertz CT molecular complexity index is 705. The number of nitrogens with one attached hydrogen (secondary N) is 1. The van der Waals surface area contributed by atoms with Crippen LogP contribution in [0, 0.1) is 5.92 Å². The third-order valence-corrected chi connectivity index (χ3v) is 5.12. The van der Waals surface area contributed by atoms with E-state index in [0.717, 1.165) is 35.6 Å². The minimum absolute atomic E-state index is 0.148. The van der Waals surface area contributed by atoms with Crippen molar-refractivity contribution in [2.75, 3.05) is 19.6 Å². The third kappa shape index (κ3) is 2.16. The number of fused-ring (bicyclic) bond motifs is 1. The standard InChI is InChI=1S/C17H16N2OS/c20-17(19-10-12-8-18-9-13(12)11-19)15-5-2-1-4-14(15)16-6-3-7-21-16/h1-8,13,18H,9-11H2. The molecule has 4 rings (SSSR count). The fourth-order valence-corrected chi connectivity index (χ4v) is 3.90. The van der Waals surface area contributed by atoms with E-state index >= 15 is 0 Å². The number of carbonyl (C=O) groups is 1. The second kappa shape index (κ2) is 5.04. The molecule has 1 aromatic carbocycles. The van der Waals surface area contributed by atoms with Crippen LogP contribution >= 0.6 is 11.3 Å². The van der Waals surface area contributed by atoms with Crippen LogP contribution in [0.4, 0.5) is 0 Å². The van der Waals surface area contributed by atoms with Gasteiger partial charge in [0.05, 0.1) is 0 Å². The van der Waals surface area contributed by atoms with Crippen LogP contribution in [0.1, 0.15) is 10.4 Å². The normalized spacial score (nSPS) is 20.1. The number of likely N-dealkylation sites (tertiary alicyclic amines) is 1. The lowest BCUT2D eigenvalue weighted by molar-refractivity contribution is 0.0789. The largest absolute Gasteiger partial charge is 0.390 e. The van der Waals surface area contributed by atoms with Gasteiger partial charge in [0.1, 0.15) is 0 Å². The first-order valence-corrected chi connectivity index (χ1v) is 8.05. The number of nitrogens with zero attached hydrogens (tertiary/aromatic N) is 1. The molecule has 0 saturated carbocycles. The smallest absolute Gasteiger partial charge is 0.254 e. The molecular formula is C17H16N2OS. The molecule has 21 heavy (non-hydrogen) atoms. The molecule has 2 aliphatic rings. The van der Waals surface area contributed by atoms with Gasteiger partial charge in [-0.25, -0.2) is 0 Å². The summed E-state index contributed by atoms with van der Waals surface area (Å²) in [4.78, 5) is 16.0. The highest BCUT2D eigenvalue weighted by Gasteiger charge is 2.33. The Morgan fingerprint density at radius 2 is 2.14 bits per heavy atom. The first-order valence-electron chi connectivity index (χ1n) is 7.17. The van der Waals surface area contributed by atoms with Crippen LogP contribution < -0.4 is 5.32 Å². The van der Waals surface area contributed by atoms with Gasteiger partial charge in [-0.15, -0.1) is 11.3 Å². The highest BCUT2D eigenvalue weighted by molar-refractivity contribution is 7.13. The van der Waals surface area contributed by atoms with Gasteiger partial charge in [-0.2, -0.15) is 0 Å². The van der Waals surface area contributed by atoms with Crippen LogP contribution in [-0.4, -0.2) is 30.4 Å². The maximum absolute atomic E-state index is 12.9. The van der Waals surface area contributed by atoms with Crippen molar-refractivity contribution in [2.45, 2.75) is 0 Å². The quantitative estimate of drug-likeness (QED) is 0.924. The molecule has 1 aromatic heterocycles. The van der Waals surface area contributed by atoms with Crippen LogP contribution in [0.3, 0.4) is 0 Å². The molecular weight excluding hydrogens is 280 g/mol. The monoisotopic (exact) mass is 296 g/mol. The van der Waals surface area contributed by atoms with E-state index in [9.17, 15) is 4.79 Å². The molecule has 0 aliphatic carbocycles. The van der Waals surface area contributed by atoms with Crippen molar-refractivity contribution < 1.29 is 4.79 Å². The lowest BCUT2D eigenvalue weighted by atomic mass is 10.0. The Balaban J connectivity index is 1.66. The Morgan fingerprint density at radius 1 is 1.24 bits per heavy atom. The Hall–Kier alpha value is -2.07. The average Bonchev–Trinajstić information content (AvgIpc) is 3.22. The van der Waals surface area contributed by atoms with Gasteiger partial charge in [0, 0.05) is 41.6 Å². The molecule has 1 amide bonds. The second-order valence-electron chi connectivity index (χ2n) is 5.53. The van der Waals surface area contributed by atoms with Gasteiger partial charge in [-0.3, -0.25) is 4.79 Å². The molecule has 1 saturated heterocycles. The topological polar surface area (TPSA) is 32.3 Å². The van der Waals surface area contributed by atoms with E-state index in [1.165, 1.54) is 5.57 Å². The molecule has 3 heterocycles. The predicted octanol–water partition coefficient (Wildman–Crippen LogP) is 2.97. The third-order valence-electron chi connectivity index (χ3n) is 4.22. The van der Waals surface area contributed by atoms with E-state index in [-0.39, 0.29) is 5.91 Å². The van der Waals surface area contributed by atoms with Crippen molar-refractivity contribution in [3.8, 4) is 10.4 Å². The van der Waals surface area contributed by atoms with Crippen molar-refractivity contribution in [2.24, 2.45) is 5.92 Å². The fraction of sp³-hybridized carbons (Fsp3) is 0.235. The predicted molar refractivity (Wildman–Crippen MR) is 85.2 cm³/mol. The molecule has 4 heteroatoms. The summed E-state index contributed by atoms with van der Waals surface area (Å²) in [7, 11) is 0. The lowest BCUT2D eigenvalue weighted by Gasteiger charge is -2.18. The molecule has 1 unspecified atom stereocenters. The molecule has 2 aliphatic heterocycles. The van der Waals surface area contributed by atoms with Gasteiger partial charge < -0.3 is 10.2 Å². The fourth-order valence-electron chi connectivity index (χ4n) is 3.13. The number of hydrogen-bond donors (Lipinski definition) is 1. The van der Waals surface area contributed by atoms with Crippen LogP contribution in [0.25, 0.3) is 10.4 Å². The number of benzene rings is 1. The molecule has 0 bridgehead atoms. The minimum Gasteiger partial charge on any atom is -0.390 e. The van der Waals surface area contributed by atoms with Crippen LogP contribution in [0.15, 0.2) is 53.6 Å². The molecule has 1 atom stereocenters. The van der Waals surface area contributed by atoms with E-state index in [1.54, 1.807) is 11.3 Å². The highest BCUT2D eigenvalue weighted by Crippen LogP contribution is 2.31. The second-order valence-corrected chi connectivity index (χ2v) is 6.48. The Labute approximate surface area is 127 Å². The van der Waals surface area contributed by atoms with E-state index in [2.05, 4.69) is 17.6 Å². The molecule has 106 valence electrons. The molecule has 1 N–H and O–H groups in total. The van der Waals surface area contributed by atoms with Crippen molar-refractivity contribution in [3.05, 3.63) is 59.1 Å². The summed E-state index contributed by atoms with van der Waals surface area (Å²) in [5.41, 5.74) is 3.21. The van der Waals surface area contributed by atoms with Crippen LogP contribution in [-0.2, 0) is 0 Å². The summed E-state index contributed by atoms with van der Waals surface area (Å²) in [6.45, 7) is 2.55. The first-order chi connectivity index (χ1) is 10.3. The van der Waals surface area contributed by atoms with E-state index in [1.807, 2.05) is 40.6 Å². The molecule has 3 nitrogen and oxygen atoms in total. The lowest BCUT2D eigenvalue weighted by Crippen LogP contribution is -2.30. The first kappa shape index (κ1) is 12.7. The number of thiophene rings is 1. The van der Waals surface area contributed by atoms with Crippen molar-refractivity contribution in [1.82, 2.24) is 10.2 Å². The Morgan fingerprint density at radius 3 is 2.95 bits per heavy atom. The van der Waals surface area contributed by atoms with Gasteiger partial charge in [0.25, 0.3) is 5.91 Å². The number of rotatable bonds is 2. The number of amides is 1. The van der Waals surface area contributed by atoms with Crippen LogP contribution in [0.2, 0.25) is 0 Å². The SMILES string of the molecule is O=C(c1ccccc1-c1cccs1)N1CC2=CNCC2C1. The summed E-state index contributed by atoms with van der Waals surface area (Å²) in [5, 5.41) is 5.31. The summed E-state index contributed by atoms with van der Waals surface area (Å²) in [5.74, 6) is 0.650. The zero-order valence-electron chi connectivity index (χ0n) is 11.6. The van der Waals surface area contributed by atoms with Gasteiger partial charge in [0.15, 0.2) is 0 Å². The van der Waals surface area contributed by atoms with Gasteiger partial charge in [-0.05, 0) is 29.3 Å². The Kier molecular flexibility index (Phi) is 3.04. The maximum Gasteiger partial charge on any atom is 0.254 e.